The second-order valence-electron chi connectivity index (χ2n) is 5.64. The van der Waals surface area contributed by atoms with Crippen molar-refractivity contribution in [2.45, 2.75) is 38.4 Å². The second-order valence-corrected chi connectivity index (χ2v) is 5.64. The summed E-state index contributed by atoms with van der Waals surface area (Å²) in [5, 5.41) is 6.48. The van der Waals surface area contributed by atoms with Crippen LogP contribution in [-0.4, -0.2) is 55.8 Å². The van der Waals surface area contributed by atoms with E-state index in [0.29, 0.717) is 25.7 Å². The number of hydrogen-bond acceptors (Lipinski definition) is 2. The molecular weight excluding hydrogens is 396 g/mol. The van der Waals surface area contributed by atoms with Gasteiger partial charge in [-0.2, -0.15) is 13.2 Å². The van der Waals surface area contributed by atoms with Crippen LogP contribution in [0.1, 0.15) is 26.2 Å². The lowest BCUT2D eigenvalue weighted by molar-refractivity contribution is -0.143. The molecule has 0 radical (unpaired) electrons. The molecule has 0 bridgehead atoms. The number of hydrogen-bond donors (Lipinski definition) is 2. The molecule has 1 heterocycles. The summed E-state index contributed by atoms with van der Waals surface area (Å²) in [6.07, 6.45) is -0.955. The van der Waals surface area contributed by atoms with Crippen LogP contribution in [0.25, 0.3) is 0 Å². The fourth-order valence-electron chi connectivity index (χ4n) is 2.42. The van der Waals surface area contributed by atoms with Crippen LogP contribution in [0.2, 0.25) is 0 Å². The molecule has 2 N–H and O–H groups in total. The highest BCUT2D eigenvalue weighted by Gasteiger charge is 2.34. The molecule has 1 saturated carbocycles. The van der Waals surface area contributed by atoms with Crippen LogP contribution in [0.4, 0.5) is 13.2 Å². The summed E-state index contributed by atoms with van der Waals surface area (Å²) in [4.78, 5) is 5.97. The Hall–Kier alpha value is -0.250. The summed E-state index contributed by atoms with van der Waals surface area (Å²) in [6.45, 7) is 3.61. The minimum atomic E-state index is -4.10. The standard InChI is InChI=1S/C13H23F3N4.HI/c1-2-17-12(19-11-3-4-11)18-7-10-5-6-20(8-10)9-13(14,15)16;/h10-11H,2-9H2,1H3,(H2,17,18,19);1H. The van der Waals surface area contributed by atoms with Gasteiger partial charge in [0.25, 0.3) is 0 Å². The number of rotatable bonds is 5. The smallest absolute Gasteiger partial charge is 0.357 e. The van der Waals surface area contributed by atoms with Crippen LogP contribution in [0.3, 0.4) is 0 Å². The Bertz CT molecular complexity index is 345. The van der Waals surface area contributed by atoms with E-state index >= 15 is 0 Å². The van der Waals surface area contributed by atoms with Crippen molar-refractivity contribution in [2.75, 3.05) is 32.7 Å². The number of nitrogens with one attached hydrogen (secondary N) is 2. The molecule has 0 aromatic rings. The molecular formula is C13H24F3IN4. The molecule has 21 heavy (non-hydrogen) atoms. The van der Waals surface area contributed by atoms with Gasteiger partial charge >= 0.3 is 6.18 Å². The number of alkyl halides is 3. The number of likely N-dealkylation sites (tertiary alicyclic amines) is 1. The van der Waals surface area contributed by atoms with Crippen LogP contribution >= 0.6 is 24.0 Å². The van der Waals surface area contributed by atoms with Crippen molar-refractivity contribution >= 4 is 29.9 Å². The van der Waals surface area contributed by atoms with Crippen molar-refractivity contribution in [2.24, 2.45) is 10.9 Å². The van der Waals surface area contributed by atoms with Gasteiger partial charge in [-0.25, -0.2) is 0 Å². The lowest BCUT2D eigenvalue weighted by atomic mass is 10.1. The molecule has 124 valence electrons. The first kappa shape index (κ1) is 18.8. The molecule has 1 atom stereocenters. The largest absolute Gasteiger partial charge is 0.401 e. The van der Waals surface area contributed by atoms with Crippen molar-refractivity contribution in [3.05, 3.63) is 0 Å². The first-order valence-corrected chi connectivity index (χ1v) is 7.30. The fourth-order valence-corrected chi connectivity index (χ4v) is 2.42. The third-order valence-electron chi connectivity index (χ3n) is 3.54. The van der Waals surface area contributed by atoms with E-state index in [2.05, 4.69) is 15.6 Å². The van der Waals surface area contributed by atoms with E-state index in [-0.39, 0.29) is 29.9 Å². The molecule has 0 aromatic carbocycles. The quantitative estimate of drug-likeness (QED) is 0.407. The fraction of sp³-hybridized carbons (Fsp3) is 0.923. The number of halogens is 4. The molecule has 2 rings (SSSR count). The number of nitrogens with zero attached hydrogens (tertiary/aromatic N) is 2. The van der Waals surface area contributed by atoms with Crippen LogP contribution in [0.15, 0.2) is 4.99 Å². The van der Waals surface area contributed by atoms with Gasteiger partial charge in [0.2, 0.25) is 0 Å². The first-order chi connectivity index (χ1) is 9.46. The molecule has 8 heteroatoms. The van der Waals surface area contributed by atoms with Crippen molar-refractivity contribution in [1.82, 2.24) is 15.5 Å². The van der Waals surface area contributed by atoms with Crippen molar-refractivity contribution in [1.29, 1.82) is 0 Å². The summed E-state index contributed by atoms with van der Waals surface area (Å²) >= 11 is 0. The van der Waals surface area contributed by atoms with Gasteiger partial charge in [-0.1, -0.05) is 0 Å². The minimum absolute atomic E-state index is 0. The molecule has 0 aromatic heterocycles. The zero-order valence-corrected chi connectivity index (χ0v) is 14.6. The van der Waals surface area contributed by atoms with Crippen LogP contribution < -0.4 is 10.6 Å². The van der Waals surface area contributed by atoms with E-state index in [1.54, 1.807) is 0 Å². The zero-order valence-electron chi connectivity index (χ0n) is 12.2. The summed E-state index contributed by atoms with van der Waals surface area (Å²) < 4.78 is 36.9. The van der Waals surface area contributed by atoms with E-state index in [0.717, 1.165) is 18.9 Å². The van der Waals surface area contributed by atoms with Gasteiger partial charge in [-0.05, 0) is 38.6 Å². The number of aliphatic imine (C=N–C) groups is 1. The highest BCUT2D eigenvalue weighted by Crippen LogP contribution is 2.23. The van der Waals surface area contributed by atoms with Gasteiger partial charge in [0, 0.05) is 25.7 Å². The van der Waals surface area contributed by atoms with E-state index in [9.17, 15) is 13.2 Å². The Morgan fingerprint density at radius 3 is 2.57 bits per heavy atom. The van der Waals surface area contributed by atoms with Crippen molar-refractivity contribution < 1.29 is 13.2 Å². The van der Waals surface area contributed by atoms with Crippen LogP contribution in [0, 0.1) is 5.92 Å². The molecule has 4 nitrogen and oxygen atoms in total. The topological polar surface area (TPSA) is 39.7 Å². The summed E-state index contributed by atoms with van der Waals surface area (Å²) in [5.41, 5.74) is 0. The molecule has 2 aliphatic rings. The normalized spacial score (nSPS) is 23.8. The molecule has 1 aliphatic heterocycles. The Morgan fingerprint density at radius 1 is 1.29 bits per heavy atom. The SMILES string of the molecule is CCNC(=NCC1CCN(CC(F)(F)F)C1)NC1CC1.I. The van der Waals surface area contributed by atoms with Crippen LogP contribution in [-0.2, 0) is 0 Å². The molecule has 1 saturated heterocycles. The molecule has 1 aliphatic carbocycles. The highest BCUT2D eigenvalue weighted by atomic mass is 127. The van der Waals surface area contributed by atoms with Crippen molar-refractivity contribution in [3.8, 4) is 0 Å². The van der Waals surface area contributed by atoms with Gasteiger partial charge in [0.15, 0.2) is 5.96 Å². The molecule has 0 amide bonds. The lowest BCUT2D eigenvalue weighted by Crippen LogP contribution is -2.39. The van der Waals surface area contributed by atoms with Gasteiger partial charge < -0.3 is 10.6 Å². The van der Waals surface area contributed by atoms with Gasteiger partial charge in [0.1, 0.15) is 0 Å². The average molecular weight is 420 g/mol. The second kappa shape index (κ2) is 8.40. The Balaban J connectivity index is 0.00000220. The average Bonchev–Trinajstić information content (AvgIpc) is 3.04. The maximum atomic E-state index is 12.3. The third-order valence-corrected chi connectivity index (χ3v) is 3.54. The van der Waals surface area contributed by atoms with E-state index in [1.807, 2.05) is 6.92 Å². The molecule has 2 fully saturated rings. The monoisotopic (exact) mass is 420 g/mol. The summed E-state index contributed by atoms with van der Waals surface area (Å²) in [5.74, 6) is 1.02. The maximum Gasteiger partial charge on any atom is 0.401 e. The van der Waals surface area contributed by atoms with E-state index in [1.165, 1.54) is 17.7 Å². The lowest BCUT2D eigenvalue weighted by Gasteiger charge is -2.17. The number of guanidine groups is 1. The van der Waals surface area contributed by atoms with Gasteiger partial charge in [0.05, 0.1) is 6.54 Å². The Morgan fingerprint density at radius 2 is 2.00 bits per heavy atom. The summed E-state index contributed by atoms with van der Waals surface area (Å²) in [7, 11) is 0. The zero-order chi connectivity index (χ0) is 14.6. The Labute approximate surface area is 141 Å². The Kier molecular flexibility index (Phi) is 7.52. The van der Waals surface area contributed by atoms with Crippen LogP contribution in [0.5, 0.6) is 0 Å². The third kappa shape index (κ3) is 7.53. The summed E-state index contributed by atoms with van der Waals surface area (Å²) in [6, 6.07) is 0.526. The molecule has 0 spiro atoms. The predicted octanol–water partition coefficient (Wildman–Crippen LogP) is 2.21. The predicted molar refractivity (Wildman–Crippen MR) is 88.2 cm³/mol. The van der Waals surface area contributed by atoms with Gasteiger partial charge in [-0.3, -0.25) is 9.89 Å². The van der Waals surface area contributed by atoms with E-state index < -0.39 is 12.7 Å². The first-order valence-electron chi connectivity index (χ1n) is 7.30. The minimum Gasteiger partial charge on any atom is -0.357 e. The molecule has 1 unspecified atom stereocenters. The maximum absolute atomic E-state index is 12.3. The highest BCUT2D eigenvalue weighted by molar-refractivity contribution is 14.0. The van der Waals surface area contributed by atoms with Gasteiger partial charge in [-0.15, -0.1) is 24.0 Å². The van der Waals surface area contributed by atoms with Crippen molar-refractivity contribution in [3.63, 3.8) is 0 Å². The van der Waals surface area contributed by atoms with E-state index in [4.69, 9.17) is 0 Å².